The van der Waals surface area contributed by atoms with Crippen LogP contribution in [0.1, 0.15) is 45.1 Å². The Morgan fingerprint density at radius 3 is 2.09 bits per heavy atom. The highest BCUT2D eigenvalue weighted by molar-refractivity contribution is 7.80. The van der Waals surface area contributed by atoms with Crippen LogP contribution >= 0.6 is 25.3 Å². The van der Waals surface area contributed by atoms with E-state index in [4.69, 9.17) is 17.2 Å². The van der Waals surface area contributed by atoms with E-state index in [9.17, 15) is 53.4 Å². The Labute approximate surface area is 391 Å². The monoisotopic (exact) mass is 963 g/mol. The summed E-state index contributed by atoms with van der Waals surface area (Å²) in [6.07, 6.45) is 2.35. The van der Waals surface area contributed by atoms with Gasteiger partial charge in [-0.15, -0.1) is 0 Å². The number of amides is 8. The van der Waals surface area contributed by atoms with Crippen molar-refractivity contribution in [3.8, 4) is 0 Å². The first-order valence-corrected chi connectivity index (χ1v) is 22.3. The van der Waals surface area contributed by atoms with Crippen molar-refractivity contribution in [2.75, 3.05) is 44.3 Å². The molecule has 8 amide bonds. The number of thiol groups is 2. The number of carbonyl (C=O) groups is 9. The fourth-order valence-electron chi connectivity index (χ4n) is 6.86. The number of aromatic nitrogens is 1. The molecule has 0 radical (unpaired) electrons. The standard InChI is InChI=1S/C40H61N13O11S2/c1-20(2)32(37(61)50-25(9-5-11-44-40(42)43)34(58)51-28(19-66)39(63)64)52-35(59)26(13-21-14-45-24-8-4-3-7-22(21)24)48-30(55)16-47-36(60)29-10-6-12-53(29)38(62)27(17-54)49-31(56)15-46-33(57)23(41)18-65/h3-4,7-8,14,20,23,25-29,32,45,54,65-66H,5-6,9-13,15-19,41H2,1-2H3,(H,46,57)(H,47,60)(H,48,55)(H,49,56)(H,50,61)(H,51,58)(H,52,59)(H,63,64)(H4,42,43,44)/t23-,25-,26-,27-,28-,29-,32-/m0/s1. The molecular formula is C40H61N13O11S2. The van der Waals surface area contributed by atoms with Gasteiger partial charge in [-0.3, -0.25) is 43.3 Å². The number of aromatic amines is 1. The van der Waals surface area contributed by atoms with E-state index in [2.05, 4.69) is 72.5 Å². The molecule has 1 fully saturated rings. The molecular weight excluding hydrogens is 903 g/mol. The summed E-state index contributed by atoms with van der Waals surface area (Å²) in [5.74, 6) is -8.48. The summed E-state index contributed by atoms with van der Waals surface area (Å²) < 4.78 is 0. The number of guanidine groups is 1. The number of aliphatic carboxylic acids is 1. The Bertz CT molecular complexity index is 2080. The van der Waals surface area contributed by atoms with E-state index in [1.54, 1.807) is 26.1 Å². The van der Waals surface area contributed by atoms with Crippen LogP contribution in [0.15, 0.2) is 35.5 Å². The summed E-state index contributed by atoms with van der Waals surface area (Å²) in [5.41, 5.74) is 17.8. The van der Waals surface area contributed by atoms with Crippen LogP contribution < -0.4 is 54.4 Å². The molecule has 26 heteroatoms. The molecule has 364 valence electrons. The van der Waals surface area contributed by atoms with Crippen molar-refractivity contribution >= 4 is 95.3 Å². The SMILES string of the molecule is CC(C)[C@H](NC(=O)[C@H](Cc1c[nH]c2ccccc12)NC(=O)CNC(=O)[C@@H]1CCCN1C(=O)[C@H](CO)NC(=O)CNC(=O)[C@@H](N)CS)C(=O)N[C@@H](CCCN=C(N)N)C(=O)N[C@@H](CS)C(=O)O. The van der Waals surface area contributed by atoms with Gasteiger partial charge in [0.1, 0.15) is 36.3 Å². The van der Waals surface area contributed by atoms with Crippen molar-refractivity contribution in [3.05, 3.63) is 36.0 Å². The third kappa shape index (κ3) is 16.4. The van der Waals surface area contributed by atoms with Gasteiger partial charge in [0.2, 0.25) is 47.3 Å². The second-order valence-electron chi connectivity index (χ2n) is 15.7. The maximum atomic E-state index is 14.1. The van der Waals surface area contributed by atoms with Gasteiger partial charge in [-0.2, -0.15) is 25.3 Å². The Kier molecular flexibility index (Phi) is 22.0. The van der Waals surface area contributed by atoms with Gasteiger partial charge in [0.05, 0.1) is 25.7 Å². The minimum absolute atomic E-state index is 0.0175. The third-order valence-electron chi connectivity index (χ3n) is 10.4. The molecule has 1 saturated heterocycles. The molecule has 1 aliphatic rings. The van der Waals surface area contributed by atoms with Crippen LogP contribution in [-0.2, 0) is 49.6 Å². The largest absolute Gasteiger partial charge is 0.480 e. The number of aliphatic imine (C=N–C) groups is 1. The number of benzene rings is 1. The molecule has 1 aliphatic heterocycles. The lowest BCUT2D eigenvalue weighted by Gasteiger charge is -2.28. The van der Waals surface area contributed by atoms with E-state index in [0.29, 0.717) is 12.0 Å². The molecule has 16 N–H and O–H groups in total. The number of carboxylic acids is 1. The van der Waals surface area contributed by atoms with Gasteiger partial charge in [0, 0.05) is 48.1 Å². The fourth-order valence-corrected chi connectivity index (χ4v) is 7.27. The van der Waals surface area contributed by atoms with Crippen LogP contribution in [0.4, 0.5) is 0 Å². The topological polar surface area (TPSA) is 388 Å². The number of likely N-dealkylation sites (tertiary alicyclic amines) is 1. The van der Waals surface area contributed by atoms with Crippen molar-refractivity contribution in [2.45, 2.75) is 88.2 Å². The van der Waals surface area contributed by atoms with Crippen molar-refractivity contribution in [2.24, 2.45) is 28.1 Å². The van der Waals surface area contributed by atoms with Crippen LogP contribution in [0.3, 0.4) is 0 Å². The normalized spacial score (nSPS) is 16.1. The first-order chi connectivity index (χ1) is 31.3. The molecule has 0 spiro atoms. The van der Waals surface area contributed by atoms with E-state index in [0.717, 1.165) is 15.8 Å². The van der Waals surface area contributed by atoms with Gasteiger partial charge in [-0.1, -0.05) is 32.0 Å². The maximum absolute atomic E-state index is 14.1. The average molecular weight is 964 g/mol. The number of nitrogens with zero attached hydrogens (tertiary/aromatic N) is 2. The number of rotatable bonds is 26. The zero-order valence-corrected chi connectivity index (χ0v) is 38.4. The predicted octanol–water partition coefficient (Wildman–Crippen LogP) is -4.67. The molecule has 3 rings (SSSR count). The number of hydrogen-bond donors (Lipinski definition) is 15. The maximum Gasteiger partial charge on any atom is 0.327 e. The Balaban J connectivity index is 1.76. The van der Waals surface area contributed by atoms with E-state index in [1.165, 1.54) is 0 Å². The van der Waals surface area contributed by atoms with E-state index in [-0.39, 0.29) is 56.2 Å². The van der Waals surface area contributed by atoms with Gasteiger partial charge < -0.3 is 74.5 Å². The Morgan fingerprint density at radius 1 is 0.833 bits per heavy atom. The molecule has 0 aliphatic carbocycles. The number of hydrogen-bond acceptors (Lipinski definition) is 14. The smallest absolute Gasteiger partial charge is 0.327 e. The summed E-state index contributed by atoms with van der Waals surface area (Å²) in [6.45, 7) is 1.47. The van der Waals surface area contributed by atoms with Crippen LogP contribution in [0.5, 0.6) is 0 Å². The van der Waals surface area contributed by atoms with Crippen molar-refractivity contribution in [3.63, 3.8) is 0 Å². The van der Waals surface area contributed by atoms with Gasteiger partial charge in [0.25, 0.3) is 0 Å². The number of nitrogens with two attached hydrogens (primary N) is 3. The predicted molar refractivity (Wildman–Crippen MR) is 248 cm³/mol. The summed E-state index contributed by atoms with van der Waals surface area (Å²) in [4.78, 5) is 126. The number of aliphatic hydroxyl groups excluding tert-OH is 1. The van der Waals surface area contributed by atoms with Crippen LogP contribution in [0, 0.1) is 5.92 Å². The van der Waals surface area contributed by atoms with Crippen LogP contribution in [0.2, 0.25) is 0 Å². The quantitative estimate of drug-likeness (QED) is 0.0183. The molecule has 1 aromatic heterocycles. The highest BCUT2D eigenvalue weighted by Crippen LogP contribution is 2.21. The molecule has 1 aromatic carbocycles. The van der Waals surface area contributed by atoms with Crippen molar-refractivity contribution in [1.82, 2.24) is 47.1 Å². The first kappa shape index (κ1) is 54.2. The molecule has 0 unspecified atom stereocenters. The summed E-state index contributed by atoms with van der Waals surface area (Å²) >= 11 is 7.91. The minimum atomic E-state index is -1.45. The zero-order chi connectivity index (χ0) is 49.1. The molecule has 0 saturated carbocycles. The number of nitrogens with one attached hydrogen (secondary N) is 8. The first-order valence-electron chi connectivity index (χ1n) is 21.1. The summed E-state index contributed by atoms with van der Waals surface area (Å²) in [6, 6.07) is -1.53. The number of para-hydroxylation sites is 1. The fraction of sp³-hybridized carbons (Fsp3) is 0.550. The van der Waals surface area contributed by atoms with Gasteiger partial charge in [0.15, 0.2) is 5.96 Å². The van der Waals surface area contributed by atoms with Crippen molar-refractivity contribution in [1.29, 1.82) is 0 Å². The number of H-pyrrole nitrogens is 1. The van der Waals surface area contributed by atoms with Gasteiger partial charge in [-0.05, 0) is 43.2 Å². The third-order valence-corrected chi connectivity index (χ3v) is 11.2. The van der Waals surface area contributed by atoms with E-state index in [1.807, 2.05) is 18.2 Å². The lowest BCUT2D eigenvalue weighted by atomic mass is 9.99. The van der Waals surface area contributed by atoms with Crippen LogP contribution in [0.25, 0.3) is 10.9 Å². The molecule has 2 aromatic rings. The lowest BCUT2D eigenvalue weighted by Crippen LogP contribution is -2.60. The number of aliphatic hydroxyl groups is 1. The molecule has 66 heavy (non-hydrogen) atoms. The highest BCUT2D eigenvalue weighted by atomic mass is 32.1. The summed E-state index contributed by atoms with van der Waals surface area (Å²) in [5, 5.41) is 37.5. The highest BCUT2D eigenvalue weighted by Gasteiger charge is 2.38. The molecule has 0 bridgehead atoms. The van der Waals surface area contributed by atoms with Crippen LogP contribution in [-0.4, -0.2) is 166 Å². The van der Waals surface area contributed by atoms with Gasteiger partial charge >= 0.3 is 5.97 Å². The average Bonchev–Trinajstić information content (AvgIpc) is 3.95. The van der Waals surface area contributed by atoms with E-state index < -0.39 is 121 Å². The molecule has 24 nitrogen and oxygen atoms in total. The molecule has 2 heterocycles. The van der Waals surface area contributed by atoms with Crippen molar-refractivity contribution < 1.29 is 53.4 Å². The zero-order valence-electron chi connectivity index (χ0n) is 36.6. The molecule has 7 atom stereocenters. The lowest BCUT2D eigenvalue weighted by molar-refractivity contribution is -0.142. The number of carbonyl (C=O) groups excluding carboxylic acids is 8. The van der Waals surface area contributed by atoms with E-state index >= 15 is 0 Å². The second-order valence-corrected chi connectivity index (χ2v) is 16.5. The number of carboxylic acid groups (broad SMARTS) is 1. The minimum Gasteiger partial charge on any atom is -0.480 e. The number of fused-ring (bicyclic) bond motifs is 1. The summed E-state index contributed by atoms with van der Waals surface area (Å²) in [7, 11) is 0. The Morgan fingerprint density at radius 2 is 1.47 bits per heavy atom. The second kappa shape index (κ2) is 26.7. The Hall–Kier alpha value is -6.12. The van der Waals surface area contributed by atoms with Gasteiger partial charge in [-0.25, -0.2) is 4.79 Å².